The third-order valence-corrected chi connectivity index (χ3v) is 3.16. The van der Waals surface area contributed by atoms with Crippen molar-refractivity contribution in [3.63, 3.8) is 0 Å². The topological polar surface area (TPSA) is 69.6 Å². The van der Waals surface area contributed by atoms with Crippen LogP contribution >= 0.6 is 0 Å². The molecule has 15 heavy (non-hydrogen) atoms. The van der Waals surface area contributed by atoms with Gasteiger partial charge >= 0.3 is 5.97 Å². The molecule has 4 nitrogen and oxygen atoms in total. The summed E-state index contributed by atoms with van der Waals surface area (Å²) in [6.07, 6.45) is 6.19. The molecule has 0 radical (unpaired) electrons. The molecule has 1 unspecified atom stereocenters. The van der Waals surface area contributed by atoms with E-state index in [-0.39, 0.29) is 6.61 Å². The summed E-state index contributed by atoms with van der Waals surface area (Å²) in [5.74, 6) is -0.706. The third-order valence-electron chi connectivity index (χ3n) is 3.16. The Morgan fingerprint density at radius 2 is 2.00 bits per heavy atom. The summed E-state index contributed by atoms with van der Waals surface area (Å²) < 4.78 is 0. The van der Waals surface area contributed by atoms with Crippen LogP contribution in [-0.4, -0.2) is 34.9 Å². The molecule has 0 aliphatic carbocycles. The van der Waals surface area contributed by atoms with Gasteiger partial charge in [0.15, 0.2) is 0 Å². The maximum Gasteiger partial charge on any atom is 0.323 e. The number of nitrogens with one attached hydrogen (secondary N) is 1. The Morgan fingerprint density at radius 3 is 2.53 bits per heavy atom. The van der Waals surface area contributed by atoms with Crippen LogP contribution in [-0.2, 0) is 4.79 Å². The zero-order valence-electron chi connectivity index (χ0n) is 9.17. The number of hydrogen-bond donors (Lipinski definition) is 3. The molecule has 1 fully saturated rings. The van der Waals surface area contributed by atoms with Crippen molar-refractivity contribution in [2.45, 2.75) is 50.5 Å². The Balaban J connectivity index is 2.24. The van der Waals surface area contributed by atoms with Crippen molar-refractivity contribution >= 4 is 5.97 Å². The lowest BCUT2D eigenvalue weighted by Gasteiger charge is -2.24. The molecule has 1 rings (SSSR count). The van der Waals surface area contributed by atoms with Gasteiger partial charge in [-0.05, 0) is 32.2 Å². The van der Waals surface area contributed by atoms with Gasteiger partial charge < -0.3 is 15.5 Å². The van der Waals surface area contributed by atoms with Crippen LogP contribution in [0.5, 0.6) is 0 Å². The zero-order valence-corrected chi connectivity index (χ0v) is 9.17. The summed E-state index contributed by atoms with van der Waals surface area (Å²) >= 11 is 0. The van der Waals surface area contributed by atoms with Crippen LogP contribution in [0.25, 0.3) is 0 Å². The average Bonchev–Trinajstić information content (AvgIpc) is 2.67. The lowest BCUT2D eigenvalue weighted by molar-refractivity contribution is -0.144. The molecule has 88 valence electrons. The molecule has 1 saturated heterocycles. The monoisotopic (exact) mass is 215 g/mol. The van der Waals surface area contributed by atoms with Gasteiger partial charge in [0.1, 0.15) is 5.54 Å². The van der Waals surface area contributed by atoms with Gasteiger partial charge in [0.2, 0.25) is 0 Å². The first kappa shape index (κ1) is 12.5. The molecule has 1 heterocycles. The van der Waals surface area contributed by atoms with E-state index >= 15 is 0 Å². The molecular formula is C11H21NO3. The van der Waals surface area contributed by atoms with E-state index < -0.39 is 11.5 Å². The van der Waals surface area contributed by atoms with Gasteiger partial charge in [0.05, 0.1) is 0 Å². The predicted molar refractivity (Wildman–Crippen MR) is 57.8 cm³/mol. The highest BCUT2D eigenvalue weighted by Crippen LogP contribution is 2.26. The Labute approximate surface area is 90.7 Å². The maximum atomic E-state index is 11.1. The molecule has 1 aliphatic heterocycles. The third kappa shape index (κ3) is 3.47. The first-order chi connectivity index (χ1) is 7.21. The standard InChI is InChI=1S/C11H21NO3/c13-9-4-2-1-3-6-11(10(14)15)7-5-8-12-11/h12-13H,1-9H2,(H,14,15). The number of carboxylic acid groups (broad SMARTS) is 1. The quantitative estimate of drug-likeness (QED) is 0.557. The Morgan fingerprint density at radius 1 is 1.27 bits per heavy atom. The second kappa shape index (κ2) is 6.08. The van der Waals surface area contributed by atoms with Crippen molar-refractivity contribution in [3.05, 3.63) is 0 Å². The largest absolute Gasteiger partial charge is 0.480 e. The van der Waals surface area contributed by atoms with E-state index in [1.807, 2.05) is 0 Å². The molecule has 0 aromatic rings. The van der Waals surface area contributed by atoms with E-state index in [1.165, 1.54) is 0 Å². The minimum absolute atomic E-state index is 0.238. The van der Waals surface area contributed by atoms with Crippen LogP contribution in [0.15, 0.2) is 0 Å². The minimum Gasteiger partial charge on any atom is -0.480 e. The van der Waals surface area contributed by atoms with E-state index in [0.717, 1.165) is 45.1 Å². The van der Waals surface area contributed by atoms with E-state index in [9.17, 15) is 4.79 Å². The van der Waals surface area contributed by atoms with Gasteiger partial charge in [-0.2, -0.15) is 0 Å². The van der Waals surface area contributed by atoms with Crippen molar-refractivity contribution in [2.24, 2.45) is 0 Å². The van der Waals surface area contributed by atoms with E-state index in [1.54, 1.807) is 0 Å². The van der Waals surface area contributed by atoms with Crippen molar-refractivity contribution < 1.29 is 15.0 Å². The molecule has 0 spiro atoms. The SMILES string of the molecule is O=C(O)C1(CCCCCCO)CCCN1. The molecule has 0 saturated carbocycles. The van der Waals surface area contributed by atoms with Crippen LogP contribution in [0.2, 0.25) is 0 Å². The lowest BCUT2D eigenvalue weighted by atomic mass is 9.90. The fourth-order valence-electron chi connectivity index (χ4n) is 2.20. The van der Waals surface area contributed by atoms with Gasteiger partial charge in [-0.25, -0.2) is 0 Å². The van der Waals surface area contributed by atoms with Crippen molar-refractivity contribution in [2.75, 3.05) is 13.2 Å². The summed E-state index contributed by atoms with van der Waals surface area (Å²) in [6.45, 7) is 1.06. The molecule has 0 bridgehead atoms. The van der Waals surface area contributed by atoms with E-state index in [2.05, 4.69) is 5.32 Å². The second-order valence-electron chi connectivity index (χ2n) is 4.31. The maximum absolute atomic E-state index is 11.1. The van der Waals surface area contributed by atoms with Crippen molar-refractivity contribution in [3.8, 4) is 0 Å². The highest BCUT2D eigenvalue weighted by atomic mass is 16.4. The number of aliphatic hydroxyl groups excluding tert-OH is 1. The average molecular weight is 215 g/mol. The summed E-state index contributed by atoms with van der Waals surface area (Å²) in [6, 6.07) is 0. The van der Waals surface area contributed by atoms with Crippen LogP contribution in [0, 0.1) is 0 Å². The summed E-state index contributed by atoms with van der Waals surface area (Å²) in [5, 5.41) is 20.9. The first-order valence-electron chi connectivity index (χ1n) is 5.80. The Kier molecular flexibility index (Phi) is 5.05. The molecule has 4 heteroatoms. The van der Waals surface area contributed by atoms with Gasteiger partial charge in [-0.1, -0.05) is 19.3 Å². The second-order valence-corrected chi connectivity index (χ2v) is 4.31. The summed E-state index contributed by atoms with van der Waals surface area (Å²) in [4.78, 5) is 11.1. The molecule has 0 aromatic carbocycles. The lowest BCUT2D eigenvalue weighted by Crippen LogP contribution is -2.47. The van der Waals surface area contributed by atoms with Crippen LogP contribution in [0.1, 0.15) is 44.9 Å². The molecule has 0 amide bonds. The fourth-order valence-corrected chi connectivity index (χ4v) is 2.20. The van der Waals surface area contributed by atoms with Crippen LogP contribution in [0.4, 0.5) is 0 Å². The number of aliphatic hydroxyl groups is 1. The number of rotatable bonds is 7. The highest BCUT2D eigenvalue weighted by Gasteiger charge is 2.40. The minimum atomic E-state index is -0.706. The molecule has 1 atom stereocenters. The van der Waals surface area contributed by atoms with Gasteiger partial charge in [-0.15, -0.1) is 0 Å². The first-order valence-corrected chi connectivity index (χ1v) is 5.80. The smallest absolute Gasteiger partial charge is 0.323 e. The van der Waals surface area contributed by atoms with Crippen LogP contribution in [0.3, 0.4) is 0 Å². The van der Waals surface area contributed by atoms with E-state index in [0.29, 0.717) is 6.42 Å². The molecule has 0 aromatic heterocycles. The van der Waals surface area contributed by atoms with E-state index in [4.69, 9.17) is 10.2 Å². The number of hydrogen-bond acceptors (Lipinski definition) is 3. The predicted octanol–water partition coefficient (Wildman–Crippen LogP) is 1.14. The molecule has 1 aliphatic rings. The Hall–Kier alpha value is -0.610. The normalized spacial score (nSPS) is 25.7. The number of carbonyl (C=O) groups is 1. The Bertz CT molecular complexity index is 200. The van der Waals surface area contributed by atoms with Gasteiger partial charge in [0, 0.05) is 6.61 Å². The fraction of sp³-hybridized carbons (Fsp3) is 0.909. The van der Waals surface area contributed by atoms with Crippen molar-refractivity contribution in [1.29, 1.82) is 0 Å². The van der Waals surface area contributed by atoms with Crippen LogP contribution < -0.4 is 5.32 Å². The highest BCUT2D eigenvalue weighted by molar-refractivity contribution is 5.79. The molecular weight excluding hydrogens is 194 g/mol. The molecule has 3 N–H and O–H groups in total. The number of aliphatic carboxylic acids is 1. The summed E-state index contributed by atoms with van der Waals surface area (Å²) in [7, 11) is 0. The zero-order chi connectivity index (χ0) is 11.1. The van der Waals surface area contributed by atoms with Gasteiger partial charge in [0.25, 0.3) is 0 Å². The number of unbranched alkanes of at least 4 members (excludes halogenated alkanes) is 3. The van der Waals surface area contributed by atoms with Gasteiger partial charge in [-0.3, -0.25) is 4.79 Å². The summed E-state index contributed by atoms with van der Waals surface area (Å²) in [5.41, 5.74) is -0.654. The van der Waals surface area contributed by atoms with Crippen molar-refractivity contribution in [1.82, 2.24) is 5.32 Å². The number of carboxylic acids is 1.